The quantitative estimate of drug-likeness (QED) is 0.912. The zero-order chi connectivity index (χ0) is 14.7. The molecule has 108 valence electrons. The van der Waals surface area contributed by atoms with Crippen molar-refractivity contribution in [3.8, 4) is 11.1 Å². The third-order valence-electron chi connectivity index (χ3n) is 3.61. The molecule has 0 saturated carbocycles. The maximum atomic E-state index is 6.25. The van der Waals surface area contributed by atoms with Crippen LogP contribution in [0.2, 0.25) is 5.02 Å². The first kappa shape index (κ1) is 15.1. The summed E-state index contributed by atoms with van der Waals surface area (Å²) in [5, 5.41) is 8.61. The fraction of sp³-hybridized carbons (Fsp3) is 0.438. The van der Waals surface area contributed by atoms with Gasteiger partial charge in [-0.2, -0.15) is 5.10 Å². The summed E-state index contributed by atoms with van der Waals surface area (Å²) in [4.78, 5) is 0. The van der Waals surface area contributed by atoms with Gasteiger partial charge in [0.2, 0.25) is 0 Å². The van der Waals surface area contributed by atoms with Gasteiger partial charge in [0.1, 0.15) is 0 Å². The normalized spacial score (nSPS) is 11.1. The molecule has 0 bridgehead atoms. The number of aromatic nitrogens is 2. The molecule has 1 aromatic heterocycles. The van der Waals surface area contributed by atoms with Gasteiger partial charge in [0.25, 0.3) is 0 Å². The van der Waals surface area contributed by atoms with Crippen molar-refractivity contribution in [2.24, 2.45) is 7.05 Å². The van der Waals surface area contributed by atoms with Crippen LogP contribution in [-0.2, 0) is 26.4 Å². The van der Waals surface area contributed by atoms with E-state index in [9.17, 15) is 0 Å². The van der Waals surface area contributed by atoms with Crippen LogP contribution in [0.25, 0.3) is 11.1 Å². The van der Waals surface area contributed by atoms with Gasteiger partial charge in [-0.1, -0.05) is 31.5 Å². The van der Waals surface area contributed by atoms with Crippen LogP contribution >= 0.6 is 11.6 Å². The Labute approximate surface area is 126 Å². The average molecular weight is 292 g/mol. The van der Waals surface area contributed by atoms with Gasteiger partial charge in [-0.25, -0.2) is 0 Å². The summed E-state index contributed by atoms with van der Waals surface area (Å²) in [5.74, 6) is 0. The molecule has 3 nitrogen and oxygen atoms in total. The predicted octanol–water partition coefficient (Wildman–Crippen LogP) is 3.58. The Morgan fingerprint density at radius 3 is 2.60 bits per heavy atom. The van der Waals surface area contributed by atoms with Gasteiger partial charge in [-0.05, 0) is 43.1 Å². The third kappa shape index (κ3) is 2.74. The lowest BCUT2D eigenvalue weighted by Gasteiger charge is -2.09. The zero-order valence-electron chi connectivity index (χ0n) is 12.6. The first-order valence-corrected chi connectivity index (χ1v) is 7.48. The lowest BCUT2D eigenvalue weighted by molar-refractivity contribution is 0.705. The van der Waals surface area contributed by atoms with E-state index in [1.807, 2.05) is 24.8 Å². The van der Waals surface area contributed by atoms with Crippen molar-refractivity contribution in [2.75, 3.05) is 7.05 Å². The fourth-order valence-corrected chi connectivity index (χ4v) is 2.85. The fourth-order valence-electron chi connectivity index (χ4n) is 2.66. The Balaban J connectivity index is 2.58. The van der Waals surface area contributed by atoms with Crippen LogP contribution in [-0.4, -0.2) is 16.8 Å². The smallest absolute Gasteiger partial charge is 0.0703 e. The largest absolute Gasteiger partial charge is 0.316 e. The highest BCUT2D eigenvalue weighted by molar-refractivity contribution is 6.31. The highest BCUT2D eigenvalue weighted by Crippen LogP contribution is 2.31. The molecule has 1 heterocycles. The number of halogens is 1. The topological polar surface area (TPSA) is 29.9 Å². The van der Waals surface area contributed by atoms with Crippen molar-refractivity contribution < 1.29 is 0 Å². The van der Waals surface area contributed by atoms with E-state index in [0.29, 0.717) is 0 Å². The molecule has 1 N–H and O–H groups in total. The van der Waals surface area contributed by atoms with Crippen molar-refractivity contribution >= 4 is 11.6 Å². The zero-order valence-corrected chi connectivity index (χ0v) is 13.4. The first-order valence-electron chi connectivity index (χ1n) is 7.10. The summed E-state index contributed by atoms with van der Waals surface area (Å²) >= 11 is 6.25. The van der Waals surface area contributed by atoms with E-state index in [0.717, 1.165) is 35.7 Å². The predicted molar refractivity (Wildman–Crippen MR) is 85.2 cm³/mol. The van der Waals surface area contributed by atoms with E-state index >= 15 is 0 Å². The molecule has 0 fully saturated rings. The molecule has 2 rings (SSSR count). The van der Waals surface area contributed by atoms with E-state index in [1.54, 1.807) is 0 Å². The Bertz CT molecular complexity index is 602. The van der Waals surface area contributed by atoms with E-state index in [4.69, 9.17) is 11.6 Å². The summed E-state index contributed by atoms with van der Waals surface area (Å²) < 4.78 is 2.00. The summed E-state index contributed by atoms with van der Waals surface area (Å²) in [6.45, 7) is 5.09. The number of aryl methyl sites for hydroxylation is 2. The molecule has 2 aromatic rings. The Morgan fingerprint density at radius 1 is 1.25 bits per heavy atom. The minimum Gasteiger partial charge on any atom is -0.316 e. The van der Waals surface area contributed by atoms with Crippen molar-refractivity contribution in [1.82, 2.24) is 15.1 Å². The average Bonchev–Trinajstić information content (AvgIpc) is 2.77. The lowest BCUT2D eigenvalue weighted by atomic mass is 9.98. The molecule has 20 heavy (non-hydrogen) atoms. The number of nitrogens with one attached hydrogen (secondary N) is 1. The van der Waals surface area contributed by atoms with Crippen LogP contribution in [0.5, 0.6) is 0 Å². The first-order chi connectivity index (χ1) is 9.62. The summed E-state index contributed by atoms with van der Waals surface area (Å²) in [6, 6.07) is 6.25. The maximum absolute atomic E-state index is 6.25. The third-order valence-corrected chi connectivity index (χ3v) is 3.98. The molecule has 0 aliphatic carbocycles. The molecule has 0 aliphatic heterocycles. The molecule has 4 heteroatoms. The molecular formula is C16H22ClN3. The Kier molecular flexibility index (Phi) is 4.84. The second-order valence-electron chi connectivity index (χ2n) is 4.94. The second kappa shape index (κ2) is 6.42. The van der Waals surface area contributed by atoms with E-state index < -0.39 is 0 Å². The van der Waals surface area contributed by atoms with Crippen LogP contribution in [0.3, 0.4) is 0 Å². The molecule has 0 saturated heterocycles. The molecule has 0 atom stereocenters. The summed E-state index contributed by atoms with van der Waals surface area (Å²) in [7, 11) is 3.95. The molecule has 0 radical (unpaired) electrons. The second-order valence-corrected chi connectivity index (χ2v) is 5.34. The number of hydrogen-bond acceptors (Lipinski definition) is 2. The molecule has 0 unspecified atom stereocenters. The molecule has 0 amide bonds. The molecule has 1 aromatic carbocycles. The maximum Gasteiger partial charge on any atom is 0.0703 e. The summed E-state index contributed by atoms with van der Waals surface area (Å²) in [6.07, 6.45) is 1.91. The van der Waals surface area contributed by atoms with Crippen LogP contribution in [0, 0.1) is 0 Å². The van der Waals surface area contributed by atoms with Crippen LogP contribution in [0.15, 0.2) is 18.2 Å². The number of hydrogen-bond donors (Lipinski definition) is 1. The minimum absolute atomic E-state index is 0.774. The SMILES string of the molecule is CCc1nn(C)c(CC)c1-c1ccc(Cl)c(CNC)c1. The van der Waals surface area contributed by atoms with Gasteiger partial charge in [0.05, 0.1) is 5.69 Å². The number of rotatable bonds is 5. The Morgan fingerprint density at radius 2 is 2.00 bits per heavy atom. The monoisotopic (exact) mass is 291 g/mol. The Hall–Kier alpha value is -1.32. The minimum atomic E-state index is 0.774. The van der Waals surface area contributed by atoms with Crippen molar-refractivity contribution in [1.29, 1.82) is 0 Å². The van der Waals surface area contributed by atoms with Crippen LogP contribution in [0.4, 0.5) is 0 Å². The number of benzene rings is 1. The highest BCUT2D eigenvalue weighted by Gasteiger charge is 2.16. The van der Waals surface area contributed by atoms with Crippen molar-refractivity contribution in [2.45, 2.75) is 33.2 Å². The van der Waals surface area contributed by atoms with Crippen LogP contribution < -0.4 is 5.32 Å². The lowest BCUT2D eigenvalue weighted by Crippen LogP contribution is -2.05. The van der Waals surface area contributed by atoms with Gasteiger partial charge < -0.3 is 5.32 Å². The number of nitrogens with zero attached hydrogens (tertiary/aromatic N) is 2. The van der Waals surface area contributed by atoms with E-state index in [2.05, 4.69) is 36.4 Å². The van der Waals surface area contributed by atoms with Gasteiger partial charge >= 0.3 is 0 Å². The van der Waals surface area contributed by atoms with E-state index in [1.165, 1.54) is 16.8 Å². The van der Waals surface area contributed by atoms with Crippen LogP contribution in [0.1, 0.15) is 30.8 Å². The standard InChI is InChI=1S/C16H22ClN3/c1-5-14-16(15(6-2)20(4)19-14)11-7-8-13(17)12(9-11)10-18-3/h7-9,18H,5-6,10H2,1-4H3. The van der Waals surface area contributed by atoms with E-state index in [-0.39, 0.29) is 0 Å². The van der Waals surface area contributed by atoms with Gasteiger partial charge in [0, 0.05) is 29.9 Å². The molecular weight excluding hydrogens is 270 g/mol. The van der Waals surface area contributed by atoms with Crippen molar-refractivity contribution in [3.63, 3.8) is 0 Å². The van der Waals surface area contributed by atoms with Gasteiger partial charge in [-0.15, -0.1) is 0 Å². The summed E-state index contributed by atoms with van der Waals surface area (Å²) in [5.41, 5.74) is 6.04. The molecule has 0 spiro atoms. The highest BCUT2D eigenvalue weighted by atomic mass is 35.5. The van der Waals surface area contributed by atoms with Gasteiger partial charge in [0.15, 0.2) is 0 Å². The van der Waals surface area contributed by atoms with Crippen molar-refractivity contribution in [3.05, 3.63) is 40.2 Å². The molecule has 0 aliphatic rings. The van der Waals surface area contributed by atoms with Gasteiger partial charge in [-0.3, -0.25) is 4.68 Å².